The zero-order valence-electron chi connectivity index (χ0n) is 7.99. The van der Waals surface area contributed by atoms with Crippen LogP contribution in [0.2, 0.25) is 0 Å². The molecule has 0 unspecified atom stereocenters. The van der Waals surface area contributed by atoms with Crippen molar-refractivity contribution in [2.75, 3.05) is 19.5 Å². The Kier molecular flexibility index (Phi) is 28.7. The van der Waals surface area contributed by atoms with Gasteiger partial charge in [0.2, 0.25) is 0 Å². The van der Waals surface area contributed by atoms with Crippen LogP contribution in [0.3, 0.4) is 0 Å². The van der Waals surface area contributed by atoms with Gasteiger partial charge in [-0.15, -0.1) is 10.8 Å². The molecule has 3 nitrogen and oxygen atoms in total. The van der Waals surface area contributed by atoms with Crippen LogP contribution in [0.1, 0.15) is 13.3 Å². The number of carbonyl (C=O) groups excluding carboxylic acids is 1. The third-order valence-corrected chi connectivity index (χ3v) is 2.30. The molecular weight excluding hydrogens is 285 g/mol. The van der Waals surface area contributed by atoms with E-state index in [0.717, 1.165) is 12.9 Å². The van der Waals surface area contributed by atoms with E-state index in [2.05, 4.69) is 6.26 Å². The molecule has 0 aliphatic carbocycles. The van der Waals surface area contributed by atoms with Crippen molar-refractivity contribution in [3.8, 4) is 0 Å². The van der Waals surface area contributed by atoms with Gasteiger partial charge in [0.15, 0.2) is 0 Å². The summed E-state index contributed by atoms with van der Waals surface area (Å²) in [5.41, 5.74) is 0. The molecule has 0 rings (SSSR count). The van der Waals surface area contributed by atoms with Gasteiger partial charge in [0.05, 0.1) is 0 Å². The molecule has 0 fully saturated rings. The average Bonchev–Trinajstić information content (AvgIpc) is 2.15. The van der Waals surface area contributed by atoms with Gasteiger partial charge in [-0.1, -0.05) is 6.92 Å². The number of esters is 1. The van der Waals surface area contributed by atoms with Crippen LogP contribution in [0, 0.1) is 6.26 Å². The minimum Gasteiger partial charge on any atom is -0.465 e. The molecule has 0 aromatic carbocycles. The van der Waals surface area contributed by atoms with Crippen LogP contribution >= 0.6 is 21.6 Å². The Morgan fingerprint density at radius 3 is 2.46 bits per heavy atom. The first kappa shape index (κ1) is 19.8. The third-order valence-electron chi connectivity index (χ3n) is 0.802. The molecule has 0 aromatic rings. The summed E-state index contributed by atoms with van der Waals surface area (Å²) in [4.78, 5) is 10.5. The van der Waals surface area contributed by atoms with Gasteiger partial charge in [0.1, 0.15) is 6.61 Å². The van der Waals surface area contributed by atoms with E-state index < -0.39 is 0 Å². The Hall–Kier alpha value is 1.23. The molecule has 77 valence electrons. The predicted molar refractivity (Wildman–Crippen MR) is 54.8 cm³/mol. The molecule has 0 saturated carbocycles. The van der Waals surface area contributed by atoms with Crippen molar-refractivity contribution in [2.45, 2.75) is 13.3 Å². The van der Waals surface area contributed by atoms with Crippen LogP contribution in [-0.2, 0) is 42.2 Å². The Morgan fingerprint density at radius 1 is 1.54 bits per heavy atom. The van der Waals surface area contributed by atoms with Crippen LogP contribution in [0.5, 0.6) is 0 Å². The van der Waals surface area contributed by atoms with Crippen LogP contribution in [0.4, 0.5) is 0 Å². The minimum absolute atomic E-state index is 0. The van der Waals surface area contributed by atoms with E-state index in [1.54, 1.807) is 17.7 Å². The molecule has 1 N–H and O–H groups in total. The second-order valence-corrected chi connectivity index (χ2v) is 3.81. The molecule has 0 aliphatic rings. The van der Waals surface area contributed by atoms with Crippen LogP contribution < -0.4 is 0 Å². The molecule has 0 saturated heterocycles. The van der Waals surface area contributed by atoms with E-state index in [-0.39, 0.29) is 38.7 Å². The van der Waals surface area contributed by atoms with E-state index in [9.17, 15) is 4.79 Å². The summed E-state index contributed by atoms with van der Waals surface area (Å²) in [5, 5.41) is 7.00. The van der Waals surface area contributed by atoms with Gasteiger partial charge in [-0.3, -0.25) is 21.8 Å². The molecule has 6 heteroatoms. The molecular formula is C7H15O3S2Y-. The molecule has 0 bridgehead atoms. The van der Waals surface area contributed by atoms with E-state index in [1.807, 2.05) is 0 Å². The topological polar surface area (TPSA) is 46.5 Å². The summed E-state index contributed by atoms with van der Waals surface area (Å²) in [5.74, 6) is 0.689. The van der Waals surface area contributed by atoms with Crippen molar-refractivity contribution in [1.82, 2.24) is 0 Å². The Bertz CT molecular complexity index is 104. The Labute approximate surface area is 113 Å². The monoisotopic (exact) mass is 300 g/mol. The number of aliphatic hydroxyl groups excluding tert-OH is 1. The number of ether oxygens (including phenoxy) is 1. The van der Waals surface area contributed by atoms with Gasteiger partial charge in [-0.2, -0.15) is 0 Å². The molecule has 0 amide bonds. The Morgan fingerprint density at radius 2 is 2.08 bits per heavy atom. The largest absolute Gasteiger partial charge is 0.465 e. The summed E-state index contributed by atoms with van der Waals surface area (Å²) in [6.45, 7) is 2.28. The number of hydrogen-bond donors (Lipinski definition) is 1. The van der Waals surface area contributed by atoms with E-state index >= 15 is 0 Å². The molecule has 0 aromatic heterocycles. The quantitative estimate of drug-likeness (QED) is 0.362. The average molecular weight is 300 g/mol. The molecule has 1 radical (unpaired) electrons. The van der Waals surface area contributed by atoms with Gasteiger partial charge >= 0.3 is 5.97 Å². The summed E-state index contributed by atoms with van der Waals surface area (Å²) < 4.78 is 4.79. The molecule has 0 atom stereocenters. The number of aliphatic hydroxyl groups is 1. The number of hydrogen-bond acceptors (Lipinski definition) is 5. The number of rotatable bonds is 5. The minimum atomic E-state index is -0.130. The van der Waals surface area contributed by atoms with Crippen LogP contribution in [-0.4, -0.2) is 30.5 Å². The first-order valence-corrected chi connectivity index (χ1v) is 5.94. The normalized spacial score (nSPS) is 7.69. The molecule has 13 heavy (non-hydrogen) atoms. The van der Waals surface area contributed by atoms with Gasteiger partial charge in [-0.25, -0.2) is 0 Å². The van der Waals surface area contributed by atoms with Crippen LogP contribution in [0.15, 0.2) is 0 Å². The van der Waals surface area contributed by atoms with Gasteiger partial charge < -0.3 is 9.84 Å². The SMILES string of the molecule is CO.[CH2-]SSCCOC(=O)CC.[Y]. The predicted octanol–water partition coefficient (Wildman–Crippen LogP) is 1.72. The first-order chi connectivity index (χ1) is 5.81. The van der Waals surface area contributed by atoms with E-state index in [0.29, 0.717) is 13.0 Å². The summed E-state index contributed by atoms with van der Waals surface area (Å²) in [7, 11) is 4.03. The van der Waals surface area contributed by atoms with E-state index in [4.69, 9.17) is 9.84 Å². The first-order valence-electron chi connectivity index (χ1n) is 3.45. The fourth-order valence-electron chi connectivity index (χ4n) is 0.351. The second kappa shape index (κ2) is 18.9. The van der Waals surface area contributed by atoms with Crippen molar-refractivity contribution < 1.29 is 47.3 Å². The van der Waals surface area contributed by atoms with Gasteiger partial charge in [-0.05, 0) is 0 Å². The smallest absolute Gasteiger partial charge is 0.305 e. The fourth-order valence-corrected chi connectivity index (χ4v) is 1.18. The maximum Gasteiger partial charge on any atom is 0.305 e. The molecule has 0 heterocycles. The van der Waals surface area contributed by atoms with Gasteiger partial charge in [0, 0.05) is 52.0 Å². The van der Waals surface area contributed by atoms with Crippen molar-refractivity contribution in [3.63, 3.8) is 0 Å². The summed E-state index contributed by atoms with van der Waals surface area (Å²) in [6, 6.07) is 0. The maximum absolute atomic E-state index is 10.5. The number of carbonyl (C=O) groups is 1. The van der Waals surface area contributed by atoms with Crippen molar-refractivity contribution in [3.05, 3.63) is 6.26 Å². The Balaban J connectivity index is -0.000000309. The second-order valence-electron chi connectivity index (χ2n) is 1.51. The van der Waals surface area contributed by atoms with Crippen molar-refractivity contribution in [2.24, 2.45) is 0 Å². The third kappa shape index (κ3) is 19.6. The zero-order valence-corrected chi connectivity index (χ0v) is 12.5. The van der Waals surface area contributed by atoms with Crippen molar-refractivity contribution in [1.29, 1.82) is 0 Å². The van der Waals surface area contributed by atoms with Crippen molar-refractivity contribution >= 4 is 27.6 Å². The van der Waals surface area contributed by atoms with E-state index in [1.165, 1.54) is 10.8 Å². The maximum atomic E-state index is 10.5. The van der Waals surface area contributed by atoms with Gasteiger partial charge in [0.25, 0.3) is 0 Å². The summed E-state index contributed by atoms with van der Waals surface area (Å²) >= 11 is 0. The standard InChI is InChI=1S/C6H11O2S2.CH4O.Y/c1-3-6(7)8-4-5-10-9-2;1-2;/h2-5H2,1H3;2H,1H3;/q-1;;. The fraction of sp³-hybridized carbons (Fsp3) is 0.714. The zero-order chi connectivity index (χ0) is 9.82. The molecule has 0 aliphatic heterocycles. The molecule has 0 spiro atoms. The summed E-state index contributed by atoms with van der Waals surface area (Å²) in [6.07, 6.45) is 4.02. The van der Waals surface area contributed by atoms with Crippen LogP contribution in [0.25, 0.3) is 0 Å².